The fourth-order valence-electron chi connectivity index (χ4n) is 8.22. The smallest absolute Gasteiger partial charge is 0.161 e. The largest absolute Gasteiger partial charge is 0.228 e. The predicted octanol–water partition coefficient (Wildman–Crippen LogP) is 11.5. The van der Waals surface area contributed by atoms with Crippen LogP contribution in [0, 0.1) is 0 Å². The highest BCUT2D eigenvalue weighted by Gasteiger charge is 2.52. The summed E-state index contributed by atoms with van der Waals surface area (Å²) in [5, 5.41) is 0. The van der Waals surface area contributed by atoms with Crippen molar-refractivity contribution in [1.29, 1.82) is 0 Å². The molecule has 0 N–H and O–H groups in total. The van der Waals surface area contributed by atoms with E-state index in [2.05, 4.69) is 127 Å². The number of rotatable bonds is 4. The van der Waals surface area contributed by atoms with Crippen molar-refractivity contribution in [3.8, 4) is 67.3 Å². The quantitative estimate of drug-likeness (QED) is 0.195. The molecule has 0 atom stereocenters. The monoisotopic (exact) mass is 623 g/mol. The van der Waals surface area contributed by atoms with E-state index in [-0.39, 0.29) is 0 Å². The van der Waals surface area contributed by atoms with Gasteiger partial charge in [-0.2, -0.15) is 0 Å². The Hall–Kier alpha value is -6.38. The van der Waals surface area contributed by atoms with Crippen LogP contribution >= 0.6 is 0 Å². The second kappa shape index (κ2) is 10.8. The maximum absolute atomic E-state index is 8.76. The van der Waals surface area contributed by atoms with Gasteiger partial charge in [0.05, 0.1) is 18.2 Å². The summed E-state index contributed by atoms with van der Waals surface area (Å²) in [5.41, 5.74) is 16.3. The van der Waals surface area contributed by atoms with Crippen molar-refractivity contribution >= 4 is 0 Å². The van der Waals surface area contributed by atoms with Crippen molar-refractivity contribution in [2.24, 2.45) is 0 Å². The van der Waals surface area contributed by atoms with Crippen LogP contribution in [0.25, 0.3) is 67.3 Å². The highest BCUT2D eigenvalue weighted by atomic mass is 14.9. The molecule has 10 rings (SSSR count). The normalized spacial score (nSPS) is 13.3. The maximum Gasteiger partial charge on any atom is 0.161 e. The van der Waals surface area contributed by atoms with Crippen LogP contribution in [0.1, 0.15) is 23.6 Å². The van der Waals surface area contributed by atoms with Gasteiger partial charge in [0.2, 0.25) is 0 Å². The Kier molecular flexibility index (Phi) is 5.89. The van der Waals surface area contributed by atoms with Crippen LogP contribution in [0.2, 0.25) is 0 Å². The highest BCUT2D eigenvalue weighted by Crippen LogP contribution is 2.63. The first-order valence-corrected chi connectivity index (χ1v) is 16.8. The molecule has 2 aliphatic carbocycles. The molecule has 7 aromatic carbocycles. The van der Waals surface area contributed by atoms with Gasteiger partial charge < -0.3 is 0 Å². The molecule has 0 bridgehead atoms. The lowest BCUT2D eigenvalue weighted by atomic mass is 9.70. The first-order chi connectivity index (χ1) is 24.7. The van der Waals surface area contributed by atoms with Gasteiger partial charge in [-0.1, -0.05) is 170 Å². The van der Waals surface area contributed by atoms with Gasteiger partial charge in [0, 0.05) is 16.7 Å². The van der Waals surface area contributed by atoms with Crippen LogP contribution in [0.4, 0.5) is 0 Å². The minimum Gasteiger partial charge on any atom is -0.228 e. The van der Waals surface area contributed by atoms with E-state index >= 15 is 0 Å². The van der Waals surface area contributed by atoms with E-state index in [4.69, 9.17) is 11.3 Å². The summed E-state index contributed by atoms with van der Waals surface area (Å²) < 4.78 is 8.76. The van der Waals surface area contributed by atoms with Gasteiger partial charge in [-0.3, -0.25) is 0 Å². The number of hydrogen-bond acceptors (Lipinski definition) is 2. The molecule has 2 heteroatoms. The lowest BCUT2D eigenvalue weighted by molar-refractivity contribution is 0.794. The molecule has 0 fully saturated rings. The van der Waals surface area contributed by atoms with Crippen LogP contribution in [-0.2, 0) is 5.41 Å². The van der Waals surface area contributed by atoms with E-state index in [0.717, 1.165) is 39.2 Å². The van der Waals surface area contributed by atoms with Crippen molar-refractivity contribution in [3.63, 3.8) is 0 Å². The Labute approximate surface area is 287 Å². The fourth-order valence-corrected chi connectivity index (χ4v) is 8.22. The van der Waals surface area contributed by atoms with Gasteiger partial charge in [0.25, 0.3) is 0 Å². The van der Waals surface area contributed by atoms with Gasteiger partial charge in [-0.05, 0) is 67.8 Å². The van der Waals surface area contributed by atoms with Crippen LogP contribution in [0.3, 0.4) is 0 Å². The van der Waals surface area contributed by atoms with Crippen molar-refractivity contribution in [3.05, 3.63) is 204 Å². The van der Waals surface area contributed by atoms with Gasteiger partial charge in [-0.25, -0.2) is 9.97 Å². The molecule has 0 unspecified atom stereocenters. The predicted molar refractivity (Wildman–Crippen MR) is 200 cm³/mol. The average Bonchev–Trinajstić information content (AvgIpc) is 3.66. The van der Waals surface area contributed by atoms with Crippen LogP contribution < -0.4 is 0 Å². The number of nitrogens with zero attached hydrogens (tertiary/aromatic N) is 2. The van der Waals surface area contributed by atoms with Crippen LogP contribution in [0.5, 0.6) is 0 Å². The Balaban J connectivity index is 1.25. The topological polar surface area (TPSA) is 25.8 Å². The molecular weight excluding hydrogens is 593 g/mol. The standard InChI is InChI=1S/C47H30N2/c1-3-15-31(16-4-1)33-19-13-20-34(29-33)44-30-43(32-17-5-2-6-18-32)48-46(49-44)38-24-14-28-42-45(38)37-23-9-12-27-41(37)47(42)39-25-10-7-21-35(39)36-22-8-11-26-40(36)47/h1-30H/i13D. The summed E-state index contributed by atoms with van der Waals surface area (Å²) in [7, 11) is 0. The minimum atomic E-state index is -0.445. The molecule has 0 saturated heterocycles. The van der Waals surface area contributed by atoms with E-state index in [1.54, 1.807) is 0 Å². The molecule has 2 aliphatic rings. The lowest BCUT2D eigenvalue weighted by Gasteiger charge is -2.30. The minimum absolute atomic E-state index is 0.442. The van der Waals surface area contributed by atoms with Crippen LogP contribution in [0.15, 0.2) is 182 Å². The van der Waals surface area contributed by atoms with Crippen molar-refractivity contribution in [2.45, 2.75) is 5.41 Å². The summed E-state index contributed by atoms with van der Waals surface area (Å²) in [4.78, 5) is 10.6. The fraction of sp³-hybridized carbons (Fsp3) is 0.0213. The molecule has 1 aromatic heterocycles. The summed E-state index contributed by atoms with van der Waals surface area (Å²) in [6, 6.07) is 62.3. The SMILES string of the molecule is [2H]c1cc(-c2ccccc2)cc(-c2cc(-c3ccccc3)nc(-c3cccc4c3-c3ccccc3C43c4ccccc4-c4ccccc43)n2)c1. The highest BCUT2D eigenvalue weighted by molar-refractivity contribution is 5.99. The molecule has 0 amide bonds. The zero-order chi connectivity index (χ0) is 33.2. The third-order valence-corrected chi connectivity index (χ3v) is 10.2. The van der Waals surface area contributed by atoms with E-state index in [9.17, 15) is 0 Å². The van der Waals surface area contributed by atoms with Gasteiger partial charge in [0.15, 0.2) is 5.82 Å². The third kappa shape index (κ3) is 4.07. The molecule has 49 heavy (non-hydrogen) atoms. The van der Waals surface area contributed by atoms with Crippen molar-refractivity contribution in [2.75, 3.05) is 0 Å². The van der Waals surface area contributed by atoms with Gasteiger partial charge >= 0.3 is 0 Å². The van der Waals surface area contributed by atoms with E-state index in [1.807, 2.05) is 48.5 Å². The molecule has 0 saturated carbocycles. The van der Waals surface area contributed by atoms with E-state index in [1.165, 1.54) is 44.5 Å². The van der Waals surface area contributed by atoms with Crippen molar-refractivity contribution in [1.82, 2.24) is 9.97 Å². The number of aromatic nitrogens is 2. The van der Waals surface area contributed by atoms with Gasteiger partial charge in [-0.15, -0.1) is 0 Å². The molecular formula is C47H30N2. The third-order valence-electron chi connectivity index (χ3n) is 10.2. The Bertz CT molecular complexity index is 2560. The summed E-state index contributed by atoms with van der Waals surface area (Å²) >= 11 is 0. The summed E-state index contributed by atoms with van der Waals surface area (Å²) in [6.45, 7) is 0. The second-order valence-corrected chi connectivity index (χ2v) is 12.8. The number of benzene rings is 7. The molecule has 228 valence electrons. The van der Waals surface area contributed by atoms with E-state index in [0.29, 0.717) is 11.9 Å². The Morgan fingerprint density at radius 2 is 0.857 bits per heavy atom. The first kappa shape index (κ1) is 26.7. The maximum atomic E-state index is 8.76. The molecule has 1 heterocycles. The first-order valence-electron chi connectivity index (χ1n) is 17.3. The molecule has 0 aliphatic heterocycles. The zero-order valence-electron chi connectivity index (χ0n) is 27.6. The van der Waals surface area contributed by atoms with Crippen LogP contribution in [-0.4, -0.2) is 9.97 Å². The summed E-state index contributed by atoms with van der Waals surface area (Å²) in [6.07, 6.45) is 0. The van der Waals surface area contributed by atoms with Gasteiger partial charge in [0.1, 0.15) is 0 Å². The molecule has 8 aromatic rings. The molecule has 1 spiro atoms. The number of fused-ring (bicyclic) bond motifs is 10. The molecule has 0 radical (unpaired) electrons. The second-order valence-electron chi connectivity index (χ2n) is 12.8. The Morgan fingerprint density at radius 1 is 0.367 bits per heavy atom. The zero-order valence-corrected chi connectivity index (χ0v) is 26.6. The summed E-state index contributed by atoms with van der Waals surface area (Å²) in [5.74, 6) is 0.668. The average molecular weight is 624 g/mol. The lowest BCUT2D eigenvalue weighted by Crippen LogP contribution is -2.25. The molecule has 2 nitrogen and oxygen atoms in total. The van der Waals surface area contributed by atoms with Crippen molar-refractivity contribution < 1.29 is 1.37 Å². The Morgan fingerprint density at radius 3 is 1.53 bits per heavy atom. The number of hydrogen-bond donors (Lipinski definition) is 0. The van der Waals surface area contributed by atoms with E-state index < -0.39 is 5.41 Å².